The first-order valence-electron chi connectivity index (χ1n) is 6.45. The molecule has 4 nitrogen and oxygen atoms in total. The van der Waals surface area contributed by atoms with Gasteiger partial charge in [-0.15, -0.1) is 0 Å². The molecule has 0 saturated heterocycles. The Bertz CT molecular complexity index is 542. The minimum atomic E-state index is -0.266. The van der Waals surface area contributed by atoms with Crippen molar-refractivity contribution in [3.63, 3.8) is 0 Å². The van der Waals surface area contributed by atoms with Crippen molar-refractivity contribution in [2.75, 3.05) is 32.5 Å². The molecule has 1 aromatic carbocycles. The highest BCUT2D eigenvalue weighted by Gasteiger charge is 2.04. The fourth-order valence-electron chi connectivity index (χ4n) is 1.93. The normalized spacial score (nSPS) is 11.2. The van der Waals surface area contributed by atoms with E-state index in [-0.39, 0.29) is 5.82 Å². The summed E-state index contributed by atoms with van der Waals surface area (Å²) in [6, 6.07) is 4.55. The van der Waals surface area contributed by atoms with E-state index in [0.717, 1.165) is 36.8 Å². The van der Waals surface area contributed by atoms with E-state index in [1.165, 1.54) is 18.5 Å². The minimum absolute atomic E-state index is 0.266. The van der Waals surface area contributed by atoms with Crippen LogP contribution < -0.4 is 5.32 Å². The first-order chi connectivity index (χ1) is 9.16. The standard InChI is InChI=1S/C14H19FN4/c1-19(2)8-4-3-7-16-14-12-9-11(15)5-6-13(12)17-10-18-14/h5-6,9-10H,3-4,7-8H2,1-2H3,(H,16,17,18). The zero-order chi connectivity index (χ0) is 13.7. The van der Waals surface area contributed by atoms with E-state index in [0.29, 0.717) is 5.82 Å². The van der Waals surface area contributed by atoms with Crippen LogP contribution >= 0.6 is 0 Å². The highest BCUT2D eigenvalue weighted by Crippen LogP contribution is 2.19. The second-order valence-corrected chi connectivity index (χ2v) is 4.82. The zero-order valence-corrected chi connectivity index (χ0v) is 11.4. The zero-order valence-electron chi connectivity index (χ0n) is 11.4. The van der Waals surface area contributed by atoms with Crippen molar-refractivity contribution in [2.24, 2.45) is 0 Å². The minimum Gasteiger partial charge on any atom is -0.369 e. The molecule has 0 radical (unpaired) electrons. The maximum Gasteiger partial charge on any atom is 0.137 e. The van der Waals surface area contributed by atoms with Gasteiger partial charge in [-0.3, -0.25) is 0 Å². The molecule has 1 aromatic heterocycles. The van der Waals surface area contributed by atoms with Crippen LogP contribution in [0.5, 0.6) is 0 Å². The number of nitrogens with one attached hydrogen (secondary N) is 1. The van der Waals surface area contributed by atoms with E-state index < -0.39 is 0 Å². The van der Waals surface area contributed by atoms with E-state index in [1.807, 2.05) is 0 Å². The molecule has 102 valence electrons. The third-order valence-corrected chi connectivity index (χ3v) is 2.92. The Balaban J connectivity index is 1.98. The van der Waals surface area contributed by atoms with Gasteiger partial charge < -0.3 is 10.2 Å². The van der Waals surface area contributed by atoms with Gasteiger partial charge in [-0.25, -0.2) is 14.4 Å². The molecule has 0 amide bonds. The SMILES string of the molecule is CN(C)CCCCNc1ncnc2ccc(F)cc12. The molecule has 1 heterocycles. The van der Waals surface area contributed by atoms with Gasteiger partial charge in [0.05, 0.1) is 5.52 Å². The molecule has 0 spiro atoms. The number of benzene rings is 1. The average molecular weight is 262 g/mol. The molecular formula is C14H19FN4. The molecule has 5 heteroatoms. The van der Waals surface area contributed by atoms with Crippen molar-refractivity contribution in [2.45, 2.75) is 12.8 Å². The van der Waals surface area contributed by atoms with Gasteiger partial charge in [0, 0.05) is 11.9 Å². The summed E-state index contributed by atoms with van der Waals surface area (Å²) >= 11 is 0. The molecule has 0 saturated carbocycles. The number of hydrogen-bond acceptors (Lipinski definition) is 4. The number of halogens is 1. The number of hydrogen-bond donors (Lipinski definition) is 1. The molecule has 0 atom stereocenters. The number of nitrogens with zero attached hydrogens (tertiary/aromatic N) is 3. The van der Waals surface area contributed by atoms with Crippen molar-refractivity contribution < 1.29 is 4.39 Å². The summed E-state index contributed by atoms with van der Waals surface area (Å²) in [5.41, 5.74) is 0.757. The van der Waals surface area contributed by atoms with Gasteiger partial charge in [0.25, 0.3) is 0 Å². The molecule has 2 rings (SSSR count). The Kier molecular flexibility index (Phi) is 4.63. The molecule has 0 aliphatic carbocycles. The van der Waals surface area contributed by atoms with Crippen LogP contribution in [0.25, 0.3) is 10.9 Å². The molecule has 19 heavy (non-hydrogen) atoms. The van der Waals surface area contributed by atoms with Gasteiger partial charge in [-0.05, 0) is 51.7 Å². The van der Waals surface area contributed by atoms with Gasteiger partial charge in [0.1, 0.15) is 18.0 Å². The quantitative estimate of drug-likeness (QED) is 0.812. The second-order valence-electron chi connectivity index (χ2n) is 4.82. The summed E-state index contributed by atoms with van der Waals surface area (Å²) in [7, 11) is 4.13. The Morgan fingerprint density at radius 3 is 2.84 bits per heavy atom. The Morgan fingerprint density at radius 1 is 1.21 bits per heavy atom. The molecule has 2 aromatic rings. The average Bonchev–Trinajstić information content (AvgIpc) is 2.38. The molecule has 0 unspecified atom stereocenters. The van der Waals surface area contributed by atoms with Crippen molar-refractivity contribution in [3.05, 3.63) is 30.3 Å². The van der Waals surface area contributed by atoms with Gasteiger partial charge in [0.2, 0.25) is 0 Å². The maximum atomic E-state index is 13.3. The molecule has 0 aliphatic rings. The lowest BCUT2D eigenvalue weighted by atomic mass is 10.2. The number of anilines is 1. The largest absolute Gasteiger partial charge is 0.369 e. The van der Waals surface area contributed by atoms with Crippen LogP contribution in [0, 0.1) is 5.82 Å². The van der Waals surface area contributed by atoms with Gasteiger partial charge >= 0.3 is 0 Å². The molecule has 0 fully saturated rings. The lowest BCUT2D eigenvalue weighted by Crippen LogP contribution is -2.14. The lowest BCUT2D eigenvalue weighted by Gasteiger charge is -2.10. The molecule has 1 N–H and O–H groups in total. The van der Waals surface area contributed by atoms with Crippen LogP contribution in [-0.4, -0.2) is 42.1 Å². The monoisotopic (exact) mass is 262 g/mol. The predicted molar refractivity (Wildman–Crippen MR) is 75.8 cm³/mol. The van der Waals surface area contributed by atoms with Crippen molar-refractivity contribution in [1.29, 1.82) is 0 Å². The highest BCUT2D eigenvalue weighted by atomic mass is 19.1. The highest BCUT2D eigenvalue weighted by molar-refractivity contribution is 5.88. The predicted octanol–water partition coefficient (Wildman–Crippen LogP) is 2.52. The summed E-state index contributed by atoms with van der Waals surface area (Å²) in [5, 5.41) is 3.98. The van der Waals surface area contributed by atoms with Crippen LogP contribution in [0.2, 0.25) is 0 Å². The third kappa shape index (κ3) is 3.86. The summed E-state index contributed by atoms with van der Waals surface area (Å²) in [5.74, 6) is 0.437. The Morgan fingerprint density at radius 2 is 2.05 bits per heavy atom. The lowest BCUT2D eigenvalue weighted by molar-refractivity contribution is 0.396. The fraction of sp³-hybridized carbons (Fsp3) is 0.429. The third-order valence-electron chi connectivity index (χ3n) is 2.92. The molecular weight excluding hydrogens is 243 g/mol. The van der Waals surface area contributed by atoms with Crippen LogP contribution in [0.4, 0.5) is 10.2 Å². The molecule has 0 bridgehead atoms. The Hall–Kier alpha value is -1.75. The van der Waals surface area contributed by atoms with E-state index in [4.69, 9.17) is 0 Å². The van der Waals surface area contributed by atoms with E-state index >= 15 is 0 Å². The molecule has 0 aliphatic heterocycles. The summed E-state index contributed by atoms with van der Waals surface area (Å²) in [6.45, 7) is 1.90. The van der Waals surface area contributed by atoms with E-state index in [9.17, 15) is 4.39 Å². The van der Waals surface area contributed by atoms with Crippen LogP contribution in [0.1, 0.15) is 12.8 Å². The van der Waals surface area contributed by atoms with Crippen molar-refractivity contribution in [1.82, 2.24) is 14.9 Å². The summed E-state index contributed by atoms with van der Waals surface area (Å²) in [4.78, 5) is 10.5. The topological polar surface area (TPSA) is 41.0 Å². The van der Waals surface area contributed by atoms with Crippen LogP contribution in [0.3, 0.4) is 0 Å². The fourth-order valence-corrected chi connectivity index (χ4v) is 1.93. The van der Waals surface area contributed by atoms with Crippen LogP contribution in [-0.2, 0) is 0 Å². The first kappa shape index (κ1) is 13.7. The number of unbranched alkanes of at least 4 members (excludes halogenated alkanes) is 1. The van der Waals surface area contributed by atoms with E-state index in [2.05, 4.69) is 34.3 Å². The number of fused-ring (bicyclic) bond motifs is 1. The van der Waals surface area contributed by atoms with E-state index in [1.54, 1.807) is 6.07 Å². The van der Waals surface area contributed by atoms with Gasteiger partial charge in [-0.1, -0.05) is 0 Å². The van der Waals surface area contributed by atoms with Crippen LogP contribution in [0.15, 0.2) is 24.5 Å². The van der Waals surface area contributed by atoms with Crippen molar-refractivity contribution in [3.8, 4) is 0 Å². The number of aromatic nitrogens is 2. The first-order valence-corrected chi connectivity index (χ1v) is 6.45. The number of rotatable bonds is 6. The van der Waals surface area contributed by atoms with Gasteiger partial charge in [0.15, 0.2) is 0 Å². The second kappa shape index (κ2) is 6.43. The Labute approximate surface area is 112 Å². The smallest absolute Gasteiger partial charge is 0.137 e. The van der Waals surface area contributed by atoms with Crippen molar-refractivity contribution >= 4 is 16.7 Å². The van der Waals surface area contributed by atoms with Gasteiger partial charge in [-0.2, -0.15) is 0 Å². The maximum absolute atomic E-state index is 13.3. The summed E-state index contributed by atoms with van der Waals surface area (Å²) in [6.07, 6.45) is 3.68. The summed E-state index contributed by atoms with van der Waals surface area (Å²) < 4.78 is 13.3.